The molecule has 0 aliphatic heterocycles. The van der Waals surface area contributed by atoms with Crippen LogP contribution in [0, 0.1) is 11.7 Å². The average Bonchev–Trinajstić information content (AvgIpc) is 2.34. The van der Waals surface area contributed by atoms with Crippen LogP contribution in [0.5, 0.6) is 5.75 Å². The van der Waals surface area contributed by atoms with Gasteiger partial charge in [0.05, 0.1) is 6.54 Å². The highest BCUT2D eigenvalue weighted by molar-refractivity contribution is 5.77. The molecule has 1 aromatic rings. The highest BCUT2D eigenvalue weighted by Gasteiger charge is 2.16. The third-order valence-corrected chi connectivity index (χ3v) is 3.45. The molecule has 0 amide bonds. The van der Waals surface area contributed by atoms with Crippen LogP contribution in [0.3, 0.4) is 0 Å². The highest BCUT2D eigenvalue weighted by Crippen LogP contribution is 2.24. The predicted molar refractivity (Wildman–Crippen MR) is 78.3 cm³/mol. The number of ether oxygens (including phenoxy) is 1. The maximum Gasteiger partial charge on any atom is 0.188 e. The average molecular weight is 279 g/mol. The largest absolute Gasteiger partial charge is 0.489 e. The van der Waals surface area contributed by atoms with Crippen LogP contribution < -0.4 is 15.8 Å². The molecule has 1 aliphatic carbocycles. The van der Waals surface area contributed by atoms with Gasteiger partial charge in [-0.25, -0.2) is 9.38 Å². The SMILES string of the molecule is CC(CN=C(N)NCC1CCC1)Oc1cccc(F)c1. The molecule has 1 saturated carbocycles. The number of guanidine groups is 1. The van der Waals surface area contributed by atoms with Gasteiger partial charge in [-0.05, 0) is 37.8 Å². The topological polar surface area (TPSA) is 59.6 Å². The van der Waals surface area contributed by atoms with E-state index in [1.807, 2.05) is 6.92 Å². The maximum atomic E-state index is 13.0. The molecule has 1 aliphatic rings. The molecule has 5 heteroatoms. The van der Waals surface area contributed by atoms with Crippen molar-refractivity contribution in [3.05, 3.63) is 30.1 Å². The normalized spacial score (nSPS) is 17.4. The van der Waals surface area contributed by atoms with Crippen LogP contribution in [0.2, 0.25) is 0 Å². The van der Waals surface area contributed by atoms with Gasteiger partial charge in [-0.15, -0.1) is 0 Å². The first-order chi connectivity index (χ1) is 9.63. The second-order valence-corrected chi connectivity index (χ2v) is 5.29. The van der Waals surface area contributed by atoms with Crippen LogP contribution in [0.15, 0.2) is 29.3 Å². The molecule has 110 valence electrons. The van der Waals surface area contributed by atoms with E-state index in [1.165, 1.54) is 31.4 Å². The predicted octanol–water partition coefficient (Wildman–Crippen LogP) is 2.30. The van der Waals surface area contributed by atoms with E-state index >= 15 is 0 Å². The van der Waals surface area contributed by atoms with Crippen LogP contribution >= 0.6 is 0 Å². The molecule has 0 saturated heterocycles. The molecule has 0 bridgehead atoms. The van der Waals surface area contributed by atoms with Gasteiger partial charge in [-0.3, -0.25) is 0 Å². The summed E-state index contributed by atoms with van der Waals surface area (Å²) in [4.78, 5) is 4.24. The Kier molecular flexibility index (Phi) is 5.21. The molecule has 1 unspecified atom stereocenters. The number of rotatable bonds is 6. The fourth-order valence-electron chi connectivity index (χ4n) is 2.04. The summed E-state index contributed by atoms with van der Waals surface area (Å²) in [7, 11) is 0. The van der Waals surface area contributed by atoms with Crippen LogP contribution in [-0.4, -0.2) is 25.2 Å². The summed E-state index contributed by atoms with van der Waals surface area (Å²) in [6.45, 7) is 3.22. The van der Waals surface area contributed by atoms with Gasteiger partial charge in [-0.1, -0.05) is 12.5 Å². The number of aliphatic imine (C=N–C) groups is 1. The van der Waals surface area contributed by atoms with Crippen molar-refractivity contribution in [3.8, 4) is 5.75 Å². The third-order valence-electron chi connectivity index (χ3n) is 3.45. The number of nitrogens with two attached hydrogens (primary N) is 1. The van der Waals surface area contributed by atoms with Gasteiger partial charge in [0, 0.05) is 12.6 Å². The lowest BCUT2D eigenvalue weighted by Crippen LogP contribution is -2.37. The zero-order valence-electron chi connectivity index (χ0n) is 11.8. The minimum Gasteiger partial charge on any atom is -0.489 e. The molecule has 1 fully saturated rings. The van der Waals surface area contributed by atoms with E-state index in [0.29, 0.717) is 18.3 Å². The van der Waals surface area contributed by atoms with Crippen LogP contribution in [0.4, 0.5) is 4.39 Å². The number of benzene rings is 1. The Labute approximate surface area is 119 Å². The molecular formula is C15H22FN3O. The molecule has 20 heavy (non-hydrogen) atoms. The van der Waals surface area contributed by atoms with E-state index in [1.54, 1.807) is 12.1 Å². The molecule has 0 heterocycles. The second-order valence-electron chi connectivity index (χ2n) is 5.29. The molecule has 3 N–H and O–H groups in total. The Hall–Kier alpha value is -1.78. The van der Waals surface area contributed by atoms with Gasteiger partial charge in [0.2, 0.25) is 0 Å². The van der Waals surface area contributed by atoms with Crippen molar-refractivity contribution < 1.29 is 9.13 Å². The summed E-state index contributed by atoms with van der Waals surface area (Å²) < 4.78 is 18.6. The van der Waals surface area contributed by atoms with Crippen molar-refractivity contribution in [3.63, 3.8) is 0 Å². The van der Waals surface area contributed by atoms with Crippen molar-refractivity contribution in [1.29, 1.82) is 0 Å². The molecule has 4 nitrogen and oxygen atoms in total. The molecule has 0 spiro atoms. The van der Waals surface area contributed by atoms with E-state index < -0.39 is 0 Å². The zero-order chi connectivity index (χ0) is 14.4. The first kappa shape index (κ1) is 14.6. The minimum absolute atomic E-state index is 0.152. The summed E-state index contributed by atoms with van der Waals surface area (Å²) in [5.74, 6) is 1.39. The van der Waals surface area contributed by atoms with E-state index in [-0.39, 0.29) is 11.9 Å². The molecule has 0 aromatic heterocycles. The summed E-state index contributed by atoms with van der Waals surface area (Å²) >= 11 is 0. The zero-order valence-corrected chi connectivity index (χ0v) is 11.8. The number of halogens is 1. The molecular weight excluding hydrogens is 257 g/mol. The first-order valence-corrected chi connectivity index (χ1v) is 7.09. The van der Waals surface area contributed by atoms with E-state index in [2.05, 4.69) is 10.3 Å². The fraction of sp³-hybridized carbons (Fsp3) is 0.533. The molecule has 1 aromatic carbocycles. The quantitative estimate of drug-likeness (QED) is 0.620. The third kappa shape index (κ3) is 4.72. The van der Waals surface area contributed by atoms with E-state index in [0.717, 1.165) is 12.5 Å². The summed E-state index contributed by atoms with van der Waals surface area (Å²) in [6.07, 6.45) is 3.72. The molecule has 1 atom stereocenters. The van der Waals surface area contributed by atoms with E-state index in [4.69, 9.17) is 10.5 Å². The Morgan fingerprint density at radius 1 is 1.55 bits per heavy atom. The number of nitrogens with zero attached hydrogens (tertiary/aromatic N) is 1. The monoisotopic (exact) mass is 279 g/mol. The second kappa shape index (κ2) is 7.12. The van der Waals surface area contributed by atoms with Gasteiger partial charge >= 0.3 is 0 Å². The van der Waals surface area contributed by atoms with Crippen molar-refractivity contribution in [2.45, 2.75) is 32.3 Å². The Morgan fingerprint density at radius 3 is 3.00 bits per heavy atom. The van der Waals surface area contributed by atoms with Gasteiger partial charge in [0.1, 0.15) is 17.7 Å². The van der Waals surface area contributed by atoms with Crippen molar-refractivity contribution >= 4 is 5.96 Å². The van der Waals surface area contributed by atoms with Crippen LogP contribution in [0.25, 0.3) is 0 Å². The number of hydrogen-bond acceptors (Lipinski definition) is 2. The van der Waals surface area contributed by atoms with Crippen molar-refractivity contribution in [2.24, 2.45) is 16.6 Å². The van der Waals surface area contributed by atoms with Gasteiger partial charge in [0.25, 0.3) is 0 Å². The summed E-state index contributed by atoms with van der Waals surface area (Å²) in [5.41, 5.74) is 5.79. The van der Waals surface area contributed by atoms with Gasteiger partial charge < -0.3 is 15.8 Å². The molecule has 2 rings (SSSR count). The first-order valence-electron chi connectivity index (χ1n) is 7.09. The maximum absolute atomic E-state index is 13.0. The highest BCUT2D eigenvalue weighted by atomic mass is 19.1. The molecule has 0 radical (unpaired) electrons. The summed E-state index contributed by atoms with van der Waals surface area (Å²) in [5, 5.41) is 3.13. The van der Waals surface area contributed by atoms with Gasteiger partial charge in [0.15, 0.2) is 5.96 Å². The lowest BCUT2D eigenvalue weighted by Gasteiger charge is -2.25. The summed E-state index contributed by atoms with van der Waals surface area (Å²) in [6, 6.07) is 6.09. The number of nitrogens with one attached hydrogen (secondary N) is 1. The van der Waals surface area contributed by atoms with Gasteiger partial charge in [-0.2, -0.15) is 0 Å². The van der Waals surface area contributed by atoms with Crippen LogP contribution in [-0.2, 0) is 0 Å². The van der Waals surface area contributed by atoms with E-state index in [9.17, 15) is 4.39 Å². The lowest BCUT2D eigenvalue weighted by atomic mass is 9.85. The standard InChI is InChI=1S/C15H22FN3O/c1-11(20-14-7-3-6-13(16)8-14)9-18-15(17)19-10-12-4-2-5-12/h3,6-8,11-12H,2,4-5,9-10H2,1H3,(H3,17,18,19). The fourth-order valence-corrected chi connectivity index (χ4v) is 2.04. The Bertz CT molecular complexity index is 460. The van der Waals surface area contributed by atoms with Crippen molar-refractivity contribution in [2.75, 3.05) is 13.1 Å². The van der Waals surface area contributed by atoms with Crippen LogP contribution in [0.1, 0.15) is 26.2 Å². The Balaban J connectivity index is 1.71. The smallest absolute Gasteiger partial charge is 0.188 e. The Morgan fingerprint density at radius 2 is 2.35 bits per heavy atom. The van der Waals surface area contributed by atoms with Crippen molar-refractivity contribution in [1.82, 2.24) is 5.32 Å². The number of hydrogen-bond donors (Lipinski definition) is 2. The lowest BCUT2D eigenvalue weighted by molar-refractivity contribution is 0.229. The minimum atomic E-state index is -0.306.